The Kier molecular flexibility index (Phi) is 4.62. The molecule has 14 heavy (non-hydrogen) atoms. The van der Waals surface area contributed by atoms with Crippen molar-refractivity contribution in [1.82, 2.24) is 0 Å². The summed E-state index contributed by atoms with van der Waals surface area (Å²) in [7, 11) is 0.872. The molecule has 0 saturated heterocycles. The van der Waals surface area contributed by atoms with Gasteiger partial charge in [-0.3, -0.25) is 4.21 Å². The molecule has 0 aliphatic carbocycles. The van der Waals surface area contributed by atoms with Crippen LogP contribution in [0.3, 0.4) is 0 Å². The third kappa shape index (κ3) is 3.10. The number of benzene rings is 1. The lowest BCUT2D eigenvalue weighted by molar-refractivity contribution is 0.412. The van der Waals surface area contributed by atoms with Crippen molar-refractivity contribution in [3.63, 3.8) is 0 Å². The van der Waals surface area contributed by atoms with E-state index in [2.05, 4.69) is 15.9 Å². The fraction of sp³-hybridized carbons (Fsp3) is 0.400. The molecule has 2 nitrogen and oxygen atoms in total. The zero-order valence-electron chi connectivity index (χ0n) is 8.25. The van der Waals surface area contributed by atoms with Gasteiger partial charge in [-0.25, -0.2) is 0 Å². The van der Waals surface area contributed by atoms with Gasteiger partial charge in [-0.05, 0) is 33.6 Å². The van der Waals surface area contributed by atoms with Crippen LogP contribution in [0.15, 0.2) is 22.7 Å². The van der Waals surface area contributed by atoms with Gasteiger partial charge in [0.2, 0.25) is 0 Å². The molecular weight excluding hydrogens is 264 g/mol. The van der Waals surface area contributed by atoms with E-state index in [1.807, 2.05) is 25.1 Å². The summed E-state index contributed by atoms with van der Waals surface area (Å²) in [5.74, 6) is 2.11. The zero-order chi connectivity index (χ0) is 10.6. The van der Waals surface area contributed by atoms with Gasteiger partial charge < -0.3 is 4.74 Å². The number of hydrogen-bond acceptors (Lipinski definition) is 2. The van der Waals surface area contributed by atoms with Crippen LogP contribution in [0.5, 0.6) is 5.75 Å². The predicted molar refractivity (Wildman–Crippen MR) is 63.1 cm³/mol. The molecule has 0 bridgehead atoms. The van der Waals surface area contributed by atoms with Gasteiger partial charge in [0.15, 0.2) is 0 Å². The van der Waals surface area contributed by atoms with Crippen LogP contribution in [0.4, 0.5) is 0 Å². The molecule has 0 heterocycles. The highest BCUT2D eigenvalue weighted by Crippen LogP contribution is 2.25. The minimum absolute atomic E-state index is 0.610. The van der Waals surface area contributed by atoms with Crippen LogP contribution in [0, 0.1) is 0 Å². The van der Waals surface area contributed by atoms with Crippen LogP contribution in [-0.2, 0) is 16.6 Å². The lowest BCUT2D eigenvalue weighted by Crippen LogP contribution is -1.97. The second kappa shape index (κ2) is 5.51. The second-order valence-electron chi connectivity index (χ2n) is 2.84. The molecular formula is C10H13BrO2S. The molecule has 1 atom stereocenters. The predicted octanol–water partition coefficient (Wildman–Crippen LogP) is 2.73. The summed E-state index contributed by atoms with van der Waals surface area (Å²) >= 11 is 3.40. The third-order valence-electron chi connectivity index (χ3n) is 1.87. The fourth-order valence-electron chi connectivity index (χ4n) is 1.09. The monoisotopic (exact) mass is 276 g/mol. The molecule has 0 fully saturated rings. The number of halogens is 1. The van der Waals surface area contributed by atoms with Gasteiger partial charge >= 0.3 is 0 Å². The first-order valence-corrected chi connectivity index (χ1v) is 6.63. The van der Waals surface area contributed by atoms with Crippen LogP contribution in [0.25, 0.3) is 0 Å². The summed E-state index contributed by atoms with van der Waals surface area (Å²) in [6, 6.07) is 5.77. The Hall–Kier alpha value is -0.350. The third-order valence-corrected chi connectivity index (χ3v) is 3.78. The Bertz CT molecular complexity index is 339. The van der Waals surface area contributed by atoms with Crippen molar-refractivity contribution in [2.24, 2.45) is 0 Å². The molecule has 0 spiro atoms. The van der Waals surface area contributed by atoms with Gasteiger partial charge in [-0.1, -0.05) is 13.0 Å². The molecule has 4 heteroatoms. The molecule has 0 saturated carbocycles. The molecule has 0 radical (unpaired) electrons. The van der Waals surface area contributed by atoms with Crippen LogP contribution >= 0.6 is 15.9 Å². The number of rotatable bonds is 4. The van der Waals surface area contributed by atoms with Gasteiger partial charge in [-0.15, -0.1) is 0 Å². The van der Waals surface area contributed by atoms with Crippen molar-refractivity contribution in [3.05, 3.63) is 28.2 Å². The van der Waals surface area contributed by atoms with Gasteiger partial charge in [-0.2, -0.15) is 0 Å². The summed E-state index contributed by atoms with van der Waals surface area (Å²) in [6.45, 7) is 1.93. The highest BCUT2D eigenvalue weighted by molar-refractivity contribution is 9.10. The lowest BCUT2D eigenvalue weighted by atomic mass is 10.2. The Morgan fingerprint density at radius 2 is 2.21 bits per heavy atom. The number of methoxy groups -OCH3 is 1. The minimum atomic E-state index is -0.756. The average Bonchev–Trinajstić information content (AvgIpc) is 2.18. The highest BCUT2D eigenvalue weighted by Gasteiger charge is 2.03. The molecule has 0 aromatic heterocycles. The van der Waals surface area contributed by atoms with E-state index < -0.39 is 10.8 Å². The Labute approximate surface area is 95.2 Å². The fourth-order valence-corrected chi connectivity index (χ4v) is 2.43. The van der Waals surface area contributed by atoms with Gasteiger partial charge in [0.1, 0.15) is 5.75 Å². The maximum Gasteiger partial charge on any atom is 0.133 e. The smallest absolute Gasteiger partial charge is 0.133 e. The van der Waals surface area contributed by atoms with Gasteiger partial charge in [0.25, 0.3) is 0 Å². The zero-order valence-corrected chi connectivity index (χ0v) is 10.7. The SMILES string of the molecule is CC[S@@](=O)Cc1ccc(OC)c(Br)c1. The Morgan fingerprint density at radius 1 is 1.50 bits per heavy atom. The Morgan fingerprint density at radius 3 is 2.71 bits per heavy atom. The summed E-state index contributed by atoms with van der Waals surface area (Å²) in [4.78, 5) is 0. The summed E-state index contributed by atoms with van der Waals surface area (Å²) < 4.78 is 17.3. The number of ether oxygens (including phenoxy) is 1. The van der Waals surface area contributed by atoms with Crippen molar-refractivity contribution in [2.45, 2.75) is 12.7 Å². The molecule has 0 N–H and O–H groups in total. The molecule has 0 aliphatic heterocycles. The van der Waals surface area contributed by atoms with Crippen molar-refractivity contribution < 1.29 is 8.95 Å². The molecule has 78 valence electrons. The highest BCUT2D eigenvalue weighted by atomic mass is 79.9. The Balaban J connectivity index is 2.81. The average molecular weight is 277 g/mol. The van der Waals surface area contributed by atoms with Crippen LogP contribution < -0.4 is 4.74 Å². The first-order chi connectivity index (χ1) is 6.67. The standard InChI is InChI=1S/C10H13BrO2S/c1-3-14(12)7-8-4-5-10(13-2)9(11)6-8/h4-6H,3,7H2,1-2H3/t14-/m1/s1. The van der Waals surface area contributed by atoms with E-state index in [9.17, 15) is 4.21 Å². The first kappa shape index (κ1) is 11.7. The maximum atomic E-state index is 11.3. The summed E-state index contributed by atoms with van der Waals surface area (Å²) in [5, 5.41) is 0. The van der Waals surface area contributed by atoms with Crippen molar-refractivity contribution >= 4 is 26.7 Å². The van der Waals surface area contributed by atoms with Crippen molar-refractivity contribution in [2.75, 3.05) is 12.9 Å². The largest absolute Gasteiger partial charge is 0.496 e. The van der Waals surface area contributed by atoms with E-state index in [-0.39, 0.29) is 0 Å². The molecule has 1 aromatic rings. The minimum Gasteiger partial charge on any atom is -0.496 e. The molecule has 0 aliphatic rings. The van der Waals surface area contributed by atoms with Gasteiger partial charge in [0.05, 0.1) is 11.6 Å². The van der Waals surface area contributed by atoms with E-state index in [4.69, 9.17) is 4.74 Å². The molecule has 1 rings (SSSR count). The van der Waals surface area contributed by atoms with Gasteiger partial charge in [0, 0.05) is 22.3 Å². The lowest BCUT2D eigenvalue weighted by Gasteiger charge is -2.05. The van der Waals surface area contributed by atoms with E-state index >= 15 is 0 Å². The second-order valence-corrected chi connectivity index (χ2v) is 5.44. The van der Waals surface area contributed by atoms with Crippen LogP contribution in [-0.4, -0.2) is 17.1 Å². The normalized spacial score (nSPS) is 12.5. The van der Waals surface area contributed by atoms with E-state index in [0.29, 0.717) is 11.5 Å². The first-order valence-electron chi connectivity index (χ1n) is 4.34. The van der Waals surface area contributed by atoms with Crippen LogP contribution in [0.1, 0.15) is 12.5 Å². The summed E-state index contributed by atoms with van der Waals surface area (Å²) in [5.41, 5.74) is 1.07. The molecule has 0 unspecified atom stereocenters. The van der Waals surface area contributed by atoms with E-state index in [1.54, 1.807) is 7.11 Å². The van der Waals surface area contributed by atoms with Crippen molar-refractivity contribution in [1.29, 1.82) is 0 Å². The summed E-state index contributed by atoms with van der Waals surface area (Å²) in [6.07, 6.45) is 0. The topological polar surface area (TPSA) is 26.3 Å². The van der Waals surface area contributed by atoms with E-state index in [0.717, 1.165) is 15.8 Å². The van der Waals surface area contributed by atoms with Crippen LogP contribution in [0.2, 0.25) is 0 Å². The molecule has 0 amide bonds. The van der Waals surface area contributed by atoms with Crippen molar-refractivity contribution in [3.8, 4) is 5.75 Å². The molecule has 1 aromatic carbocycles. The quantitative estimate of drug-likeness (QED) is 0.846. The number of hydrogen-bond donors (Lipinski definition) is 0. The van der Waals surface area contributed by atoms with E-state index in [1.165, 1.54) is 0 Å². The maximum absolute atomic E-state index is 11.3.